The minimum absolute atomic E-state index is 0.0101. The SMILES string of the molecule is CCS(=O)(=O)CCOc1ccc(S(=O)(=O)N(C)CC(N)=O)cc1. The van der Waals surface area contributed by atoms with Gasteiger partial charge in [-0.25, -0.2) is 16.8 Å². The molecule has 0 spiro atoms. The molecule has 1 aromatic carbocycles. The van der Waals surface area contributed by atoms with Crippen molar-refractivity contribution in [3.05, 3.63) is 24.3 Å². The monoisotopic (exact) mass is 364 g/mol. The summed E-state index contributed by atoms with van der Waals surface area (Å²) in [5, 5.41) is 0. The lowest BCUT2D eigenvalue weighted by molar-refractivity contribution is -0.118. The summed E-state index contributed by atoms with van der Waals surface area (Å²) in [6, 6.07) is 5.47. The van der Waals surface area contributed by atoms with Gasteiger partial charge in [0.15, 0.2) is 9.84 Å². The van der Waals surface area contributed by atoms with Gasteiger partial charge >= 0.3 is 0 Å². The maximum absolute atomic E-state index is 12.2. The van der Waals surface area contributed by atoms with E-state index in [1.165, 1.54) is 31.3 Å². The fraction of sp³-hybridized carbons (Fsp3) is 0.462. The van der Waals surface area contributed by atoms with Gasteiger partial charge in [0.05, 0.1) is 17.2 Å². The zero-order chi connectivity index (χ0) is 17.7. The normalized spacial score (nSPS) is 12.3. The van der Waals surface area contributed by atoms with Crippen LogP contribution < -0.4 is 10.5 Å². The molecule has 0 aromatic heterocycles. The van der Waals surface area contributed by atoms with E-state index in [-0.39, 0.29) is 23.0 Å². The second-order valence-electron chi connectivity index (χ2n) is 4.78. The third-order valence-corrected chi connectivity index (χ3v) is 6.50. The van der Waals surface area contributed by atoms with E-state index in [9.17, 15) is 21.6 Å². The first kappa shape index (κ1) is 19.4. The molecule has 1 aromatic rings. The van der Waals surface area contributed by atoms with Crippen molar-refractivity contribution in [1.29, 1.82) is 0 Å². The van der Waals surface area contributed by atoms with Crippen molar-refractivity contribution in [1.82, 2.24) is 4.31 Å². The molecule has 10 heteroatoms. The van der Waals surface area contributed by atoms with Crippen LogP contribution in [0.3, 0.4) is 0 Å². The van der Waals surface area contributed by atoms with Crippen LogP contribution in [0.2, 0.25) is 0 Å². The van der Waals surface area contributed by atoms with E-state index in [4.69, 9.17) is 10.5 Å². The molecule has 8 nitrogen and oxygen atoms in total. The predicted molar refractivity (Wildman–Crippen MR) is 85.3 cm³/mol. The van der Waals surface area contributed by atoms with Crippen LogP contribution in [-0.4, -0.2) is 58.8 Å². The van der Waals surface area contributed by atoms with Gasteiger partial charge in [-0.2, -0.15) is 4.31 Å². The molecule has 0 heterocycles. The number of carbonyl (C=O) groups excluding carboxylic acids is 1. The number of hydrogen-bond acceptors (Lipinski definition) is 6. The van der Waals surface area contributed by atoms with Crippen molar-refractivity contribution in [3.63, 3.8) is 0 Å². The zero-order valence-electron chi connectivity index (χ0n) is 12.9. The summed E-state index contributed by atoms with van der Waals surface area (Å²) < 4.78 is 53.1. The molecule has 0 unspecified atom stereocenters. The second kappa shape index (κ2) is 7.75. The number of sulfone groups is 1. The van der Waals surface area contributed by atoms with Crippen molar-refractivity contribution in [3.8, 4) is 5.75 Å². The molecular formula is C13H20N2O6S2. The van der Waals surface area contributed by atoms with Gasteiger partial charge in [-0.3, -0.25) is 4.79 Å². The quantitative estimate of drug-likeness (QED) is 0.636. The number of sulfonamides is 1. The molecule has 1 amide bonds. The maximum atomic E-state index is 12.2. The standard InChI is InChI=1S/C13H20N2O6S2/c1-3-22(17,18)9-8-21-11-4-6-12(7-5-11)23(19,20)15(2)10-13(14)16/h4-7H,3,8-10H2,1-2H3,(H2,14,16). The number of benzene rings is 1. The highest BCUT2D eigenvalue weighted by Gasteiger charge is 2.22. The van der Waals surface area contributed by atoms with E-state index in [0.717, 1.165) is 4.31 Å². The summed E-state index contributed by atoms with van der Waals surface area (Å²) in [7, 11) is -5.68. The van der Waals surface area contributed by atoms with Crippen molar-refractivity contribution in [2.45, 2.75) is 11.8 Å². The van der Waals surface area contributed by atoms with E-state index in [1.54, 1.807) is 6.92 Å². The van der Waals surface area contributed by atoms with Gasteiger partial charge in [0.1, 0.15) is 12.4 Å². The average Bonchev–Trinajstić information content (AvgIpc) is 2.47. The van der Waals surface area contributed by atoms with Crippen molar-refractivity contribution in [2.75, 3.05) is 31.7 Å². The minimum Gasteiger partial charge on any atom is -0.493 e. The Morgan fingerprint density at radius 3 is 2.22 bits per heavy atom. The molecule has 2 N–H and O–H groups in total. The van der Waals surface area contributed by atoms with Crippen LogP contribution in [0.25, 0.3) is 0 Å². The molecule has 0 aliphatic heterocycles. The Labute approximate surface area is 136 Å². The molecule has 0 aliphatic carbocycles. The Hall–Kier alpha value is -1.65. The van der Waals surface area contributed by atoms with Gasteiger partial charge in [0.2, 0.25) is 15.9 Å². The lowest BCUT2D eigenvalue weighted by Gasteiger charge is -2.15. The molecule has 0 saturated carbocycles. The lowest BCUT2D eigenvalue weighted by atomic mass is 10.3. The summed E-state index contributed by atoms with van der Waals surface area (Å²) in [5.74, 6) is -0.467. The van der Waals surface area contributed by atoms with Crippen LogP contribution in [0.4, 0.5) is 0 Å². The molecule has 0 radical (unpaired) electrons. The van der Waals surface area contributed by atoms with Gasteiger partial charge in [-0.15, -0.1) is 0 Å². The Bertz CT molecular complexity index is 741. The Morgan fingerprint density at radius 1 is 1.17 bits per heavy atom. The van der Waals surface area contributed by atoms with Gasteiger partial charge in [0, 0.05) is 12.8 Å². The number of ether oxygens (including phenoxy) is 1. The second-order valence-corrected chi connectivity index (χ2v) is 9.30. The van der Waals surface area contributed by atoms with Crippen molar-refractivity contribution < 1.29 is 26.4 Å². The topological polar surface area (TPSA) is 124 Å². The molecule has 0 atom stereocenters. The van der Waals surface area contributed by atoms with E-state index < -0.39 is 32.3 Å². The summed E-state index contributed by atoms with van der Waals surface area (Å²) in [5.41, 5.74) is 4.98. The number of rotatable bonds is 9. The summed E-state index contributed by atoms with van der Waals surface area (Å²) in [4.78, 5) is 10.8. The summed E-state index contributed by atoms with van der Waals surface area (Å²) in [6.07, 6.45) is 0. The van der Waals surface area contributed by atoms with Gasteiger partial charge in [0.25, 0.3) is 0 Å². The molecular weight excluding hydrogens is 344 g/mol. The fourth-order valence-corrected chi connectivity index (χ4v) is 3.39. The molecule has 0 saturated heterocycles. The number of nitrogens with zero attached hydrogens (tertiary/aromatic N) is 1. The molecule has 130 valence electrons. The Kier molecular flexibility index (Phi) is 6.54. The Balaban J connectivity index is 2.75. The van der Waals surface area contributed by atoms with E-state index in [0.29, 0.717) is 5.75 Å². The van der Waals surface area contributed by atoms with Gasteiger partial charge in [-0.1, -0.05) is 6.92 Å². The minimum atomic E-state index is -3.82. The number of amides is 1. The number of likely N-dealkylation sites (N-methyl/N-ethyl adjacent to an activating group) is 1. The summed E-state index contributed by atoms with van der Waals surface area (Å²) in [6.45, 7) is 1.12. The van der Waals surface area contributed by atoms with E-state index in [1.807, 2.05) is 0 Å². The maximum Gasteiger partial charge on any atom is 0.243 e. The van der Waals surface area contributed by atoms with Crippen LogP contribution in [0.15, 0.2) is 29.2 Å². The number of carbonyl (C=O) groups is 1. The third-order valence-electron chi connectivity index (χ3n) is 3.01. The first-order valence-corrected chi connectivity index (χ1v) is 10.0. The third kappa shape index (κ3) is 5.81. The molecule has 1 rings (SSSR count). The van der Waals surface area contributed by atoms with E-state index >= 15 is 0 Å². The van der Waals surface area contributed by atoms with Crippen LogP contribution in [0.5, 0.6) is 5.75 Å². The highest BCUT2D eigenvalue weighted by Crippen LogP contribution is 2.18. The number of primary amides is 1. The average molecular weight is 364 g/mol. The molecule has 0 bridgehead atoms. The Morgan fingerprint density at radius 2 is 1.74 bits per heavy atom. The molecule has 0 fully saturated rings. The van der Waals surface area contributed by atoms with Crippen molar-refractivity contribution in [2.24, 2.45) is 5.73 Å². The van der Waals surface area contributed by atoms with Gasteiger partial charge in [-0.05, 0) is 24.3 Å². The van der Waals surface area contributed by atoms with Crippen LogP contribution in [0, 0.1) is 0 Å². The van der Waals surface area contributed by atoms with Crippen LogP contribution in [0.1, 0.15) is 6.92 Å². The highest BCUT2D eigenvalue weighted by atomic mass is 32.2. The number of nitrogens with two attached hydrogens (primary N) is 1. The van der Waals surface area contributed by atoms with Crippen molar-refractivity contribution >= 4 is 25.8 Å². The smallest absolute Gasteiger partial charge is 0.243 e. The van der Waals surface area contributed by atoms with Gasteiger partial charge < -0.3 is 10.5 Å². The predicted octanol–water partition coefficient (Wildman–Crippen LogP) is -0.394. The summed E-state index contributed by atoms with van der Waals surface area (Å²) >= 11 is 0. The highest BCUT2D eigenvalue weighted by molar-refractivity contribution is 7.91. The van der Waals surface area contributed by atoms with Crippen LogP contribution in [-0.2, 0) is 24.7 Å². The number of hydrogen-bond donors (Lipinski definition) is 1. The zero-order valence-corrected chi connectivity index (χ0v) is 14.6. The van der Waals surface area contributed by atoms with Crippen LogP contribution >= 0.6 is 0 Å². The largest absolute Gasteiger partial charge is 0.493 e. The molecule has 0 aliphatic rings. The fourth-order valence-electron chi connectivity index (χ4n) is 1.62. The first-order chi connectivity index (χ1) is 10.6. The molecule has 23 heavy (non-hydrogen) atoms. The van der Waals surface area contributed by atoms with E-state index in [2.05, 4.69) is 0 Å². The lowest BCUT2D eigenvalue weighted by Crippen LogP contribution is -2.35. The first-order valence-electron chi connectivity index (χ1n) is 6.76.